The van der Waals surface area contributed by atoms with E-state index in [-0.39, 0.29) is 5.75 Å². The van der Waals surface area contributed by atoms with Gasteiger partial charge in [-0.05, 0) is 25.4 Å². The van der Waals surface area contributed by atoms with Crippen molar-refractivity contribution in [3.05, 3.63) is 5.82 Å². The number of aromatic nitrogens is 3. The minimum absolute atomic E-state index is 0.0297. The predicted molar refractivity (Wildman–Crippen MR) is 82.7 cm³/mol. The van der Waals surface area contributed by atoms with Crippen molar-refractivity contribution in [2.24, 2.45) is 5.92 Å². The molecule has 1 aliphatic heterocycles. The van der Waals surface area contributed by atoms with E-state index in [0.29, 0.717) is 11.8 Å². The molecule has 6 nitrogen and oxygen atoms in total. The Balaban J connectivity index is 2.11. The first kappa shape index (κ1) is 16.3. The first-order chi connectivity index (χ1) is 10.0. The highest BCUT2D eigenvalue weighted by Crippen LogP contribution is 2.25. The van der Waals surface area contributed by atoms with Crippen LogP contribution in [0.4, 0.5) is 0 Å². The summed E-state index contributed by atoms with van der Waals surface area (Å²) in [6.07, 6.45) is 1.19. The summed E-state index contributed by atoms with van der Waals surface area (Å²) >= 11 is 1.26. The minimum Gasteiger partial charge on any atom is -0.481 e. The zero-order chi connectivity index (χ0) is 15.4. The summed E-state index contributed by atoms with van der Waals surface area (Å²) in [4.78, 5) is 13.2. The number of hydrogen-bond donors (Lipinski definition) is 1. The van der Waals surface area contributed by atoms with Gasteiger partial charge in [0.25, 0.3) is 0 Å². The Morgan fingerprint density at radius 3 is 2.81 bits per heavy atom. The highest BCUT2D eigenvalue weighted by atomic mass is 32.2. The Hall–Kier alpha value is -1.08. The van der Waals surface area contributed by atoms with Crippen molar-refractivity contribution in [3.8, 4) is 0 Å². The van der Waals surface area contributed by atoms with Gasteiger partial charge in [-0.1, -0.05) is 32.5 Å². The van der Waals surface area contributed by atoms with Crippen LogP contribution in [0.2, 0.25) is 0 Å². The largest absolute Gasteiger partial charge is 0.481 e. The van der Waals surface area contributed by atoms with Gasteiger partial charge >= 0.3 is 5.97 Å². The zero-order valence-corrected chi connectivity index (χ0v) is 13.8. The van der Waals surface area contributed by atoms with Crippen LogP contribution in [0, 0.1) is 5.92 Å². The Labute approximate surface area is 129 Å². The standard InChI is InChI=1S/C14H24N4O2S/c1-4-17-6-5-11(7-17)8-18-13(10(2)3)15-16-14(18)21-9-12(19)20/h10-11H,4-9H2,1-3H3,(H,19,20). The van der Waals surface area contributed by atoms with Crippen LogP contribution in [-0.4, -0.2) is 56.1 Å². The van der Waals surface area contributed by atoms with Gasteiger partial charge in [-0.15, -0.1) is 10.2 Å². The van der Waals surface area contributed by atoms with E-state index in [2.05, 4.69) is 40.4 Å². The topological polar surface area (TPSA) is 71.2 Å². The van der Waals surface area contributed by atoms with Crippen molar-refractivity contribution in [3.63, 3.8) is 0 Å². The van der Waals surface area contributed by atoms with Crippen molar-refractivity contribution in [1.82, 2.24) is 19.7 Å². The third-order valence-electron chi connectivity index (χ3n) is 3.84. The lowest BCUT2D eigenvalue weighted by Gasteiger charge is -2.17. The molecule has 7 heteroatoms. The molecule has 0 aliphatic carbocycles. The molecule has 1 unspecified atom stereocenters. The van der Waals surface area contributed by atoms with Gasteiger partial charge in [-0.2, -0.15) is 0 Å². The van der Waals surface area contributed by atoms with Gasteiger partial charge in [0.1, 0.15) is 5.82 Å². The summed E-state index contributed by atoms with van der Waals surface area (Å²) in [5.41, 5.74) is 0. The Morgan fingerprint density at radius 1 is 1.48 bits per heavy atom. The molecule has 0 spiro atoms. The highest BCUT2D eigenvalue weighted by molar-refractivity contribution is 7.99. The van der Waals surface area contributed by atoms with Crippen LogP contribution in [0.5, 0.6) is 0 Å². The fourth-order valence-electron chi connectivity index (χ4n) is 2.74. The number of nitrogens with zero attached hydrogens (tertiary/aromatic N) is 4. The van der Waals surface area contributed by atoms with Crippen LogP contribution in [0.1, 0.15) is 38.9 Å². The second-order valence-electron chi connectivity index (χ2n) is 5.84. The lowest BCUT2D eigenvalue weighted by molar-refractivity contribution is -0.133. The van der Waals surface area contributed by atoms with E-state index >= 15 is 0 Å². The van der Waals surface area contributed by atoms with E-state index in [0.717, 1.165) is 37.2 Å². The number of carboxylic acid groups (broad SMARTS) is 1. The number of rotatable bonds is 7. The SMILES string of the molecule is CCN1CCC(Cn2c(SCC(=O)O)nnc2C(C)C)C1. The zero-order valence-electron chi connectivity index (χ0n) is 12.9. The third-order valence-corrected chi connectivity index (χ3v) is 4.80. The maximum absolute atomic E-state index is 10.8. The van der Waals surface area contributed by atoms with Crippen molar-refractivity contribution in [1.29, 1.82) is 0 Å². The van der Waals surface area contributed by atoms with Gasteiger partial charge in [0.05, 0.1) is 5.75 Å². The monoisotopic (exact) mass is 312 g/mol. The Morgan fingerprint density at radius 2 is 2.24 bits per heavy atom. The van der Waals surface area contributed by atoms with Gasteiger partial charge in [-0.25, -0.2) is 0 Å². The van der Waals surface area contributed by atoms with Gasteiger partial charge in [0.15, 0.2) is 5.16 Å². The average molecular weight is 312 g/mol. The quantitative estimate of drug-likeness (QED) is 0.776. The average Bonchev–Trinajstić information content (AvgIpc) is 3.03. The smallest absolute Gasteiger partial charge is 0.313 e. The molecule has 1 fully saturated rings. The van der Waals surface area contributed by atoms with Crippen LogP contribution in [0.15, 0.2) is 5.16 Å². The molecule has 0 amide bonds. The first-order valence-electron chi connectivity index (χ1n) is 7.51. The van der Waals surface area contributed by atoms with Crippen LogP contribution >= 0.6 is 11.8 Å². The summed E-state index contributed by atoms with van der Waals surface area (Å²) in [5.74, 6) is 1.06. The van der Waals surface area contributed by atoms with Crippen LogP contribution in [0.25, 0.3) is 0 Å². The van der Waals surface area contributed by atoms with Gasteiger partial charge in [-0.3, -0.25) is 4.79 Å². The fraction of sp³-hybridized carbons (Fsp3) is 0.786. The maximum atomic E-state index is 10.8. The molecule has 1 aliphatic rings. The number of hydrogen-bond acceptors (Lipinski definition) is 5. The van der Waals surface area contributed by atoms with Crippen molar-refractivity contribution in [2.75, 3.05) is 25.4 Å². The van der Waals surface area contributed by atoms with Crippen LogP contribution in [-0.2, 0) is 11.3 Å². The molecule has 0 aromatic carbocycles. The molecule has 0 saturated carbocycles. The second kappa shape index (κ2) is 7.26. The molecule has 0 bridgehead atoms. The number of thioether (sulfide) groups is 1. The van der Waals surface area contributed by atoms with Gasteiger partial charge in [0, 0.05) is 19.0 Å². The third kappa shape index (κ3) is 4.20. The second-order valence-corrected chi connectivity index (χ2v) is 6.78. The highest BCUT2D eigenvalue weighted by Gasteiger charge is 2.25. The number of likely N-dealkylation sites (tertiary alicyclic amines) is 1. The van der Waals surface area contributed by atoms with Crippen molar-refractivity contribution < 1.29 is 9.90 Å². The normalized spacial score (nSPS) is 19.5. The first-order valence-corrected chi connectivity index (χ1v) is 8.49. The molecule has 2 heterocycles. The van der Waals surface area contributed by atoms with E-state index in [1.807, 2.05) is 0 Å². The van der Waals surface area contributed by atoms with E-state index in [9.17, 15) is 4.79 Å². The predicted octanol–water partition coefficient (Wildman–Crippen LogP) is 1.92. The molecule has 1 atom stereocenters. The fourth-order valence-corrected chi connectivity index (χ4v) is 3.41. The Kier molecular flexibility index (Phi) is 5.64. The summed E-state index contributed by atoms with van der Waals surface area (Å²) in [6, 6.07) is 0. The van der Waals surface area contributed by atoms with Crippen molar-refractivity contribution >= 4 is 17.7 Å². The lowest BCUT2D eigenvalue weighted by atomic mass is 10.1. The Bertz CT molecular complexity index is 489. The summed E-state index contributed by atoms with van der Waals surface area (Å²) < 4.78 is 2.13. The molecule has 118 valence electrons. The molecule has 21 heavy (non-hydrogen) atoms. The van der Waals surface area contributed by atoms with E-state index in [1.54, 1.807) is 0 Å². The molecular weight excluding hydrogens is 288 g/mol. The molecule has 1 aromatic rings. The van der Waals surface area contributed by atoms with Crippen LogP contribution in [0.3, 0.4) is 0 Å². The van der Waals surface area contributed by atoms with Crippen LogP contribution < -0.4 is 0 Å². The van der Waals surface area contributed by atoms with Gasteiger partial charge in [0.2, 0.25) is 0 Å². The summed E-state index contributed by atoms with van der Waals surface area (Å²) in [5, 5.41) is 18.0. The molecular formula is C14H24N4O2S. The number of carboxylic acids is 1. The van der Waals surface area contributed by atoms with E-state index in [4.69, 9.17) is 5.11 Å². The summed E-state index contributed by atoms with van der Waals surface area (Å²) in [7, 11) is 0. The number of carbonyl (C=O) groups is 1. The molecule has 2 rings (SSSR count). The van der Waals surface area contributed by atoms with Gasteiger partial charge < -0.3 is 14.6 Å². The lowest BCUT2D eigenvalue weighted by Crippen LogP contribution is -2.22. The maximum Gasteiger partial charge on any atom is 0.313 e. The van der Waals surface area contributed by atoms with E-state index < -0.39 is 5.97 Å². The minimum atomic E-state index is -0.821. The van der Waals surface area contributed by atoms with E-state index in [1.165, 1.54) is 18.2 Å². The van der Waals surface area contributed by atoms with Crippen molar-refractivity contribution in [2.45, 2.75) is 44.8 Å². The summed E-state index contributed by atoms with van der Waals surface area (Å²) in [6.45, 7) is 10.6. The number of aliphatic carboxylic acids is 1. The molecule has 1 N–H and O–H groups in total. The molecule has 1 aromatic heterocycles. The molecule has 1 saturated heterocycles. The molecule has 0 radical (unpaired) electrons.